The molecule has 0 unspecified atom stereocenters. The quantitative estimate of drug-likeness (QED) is 0.372. The molecule has 0 aromatic heterocycles. The number of carbonyl (C=O) groups excluding carboxylic acids is 1. The van der Waals surface area contributed by atoms with Gasteiger partial charge in [0.1, 0.15) is 5.75 Å². The summed E-state index contributed by atoms with van der Waals surface area (Å²) in [7, 11) is 1.59. The van der Waals surface area contributed by atoms with Crippen molar-refractivity contribution in [3.05, 3.63) is 87.5 Å². The van der Waals surface area contributed by atoms with E-state index in [0.29, 0.717) is 21.4 Å². The van der Waals surface area contributed by atoms with E-state index in [1.54, 1.807) is 43.5 Å². The Kier molecular flexibility index (Phi) is 5.38. The SMILES string of the molecule is COc1ccc2ccccc2c1C=C1N=C(C=Cc2cccc(Cl)c2Cl)OC1=O. The summed E-state index contributed by atoms with van der Waals surface area (Å²) in [6.45, 7) is 0. The highest BCUT2D eigenvalue weighted by atomic mass is 35.5. The number of nitrogens with zero attached hydrogens (tertiary/aromatic N) is 1. The molecule has 4 rings (SSSR count). The maximum Gasteiger partial charge on any atom is 0.363 e. The second-order valence-corrected chi connectivity index (χ2v) is 7.03. The molecule has 3 aromatic rings. The normalized spacial score (nSPS) is 15.2. The van der Waals surface area contributed by atoms with Crippen molar-refractivity contribution in [3.63, 3.8) is 0 Å². The lowest BCUT2D eigenvalue weighted by atomic mass is 10.0. The number of methoxy groups -OCH3 is 1. The Balaban J connectivity index is 1.71. The van der Waals surface area contributed by atoms with Crippen molar-refractivity contribution >= 4 is 58.0 Å². The summed E-state index contributed by atoms with van der Waals surface area (Å²) in [6, 6.07) is 17.0. The van der Waals surface area contributed by atoms with Crippen molar-refractivity contribution in [2.75, 3.05) is 7.11 Å². The first-order valence-electron chi connectivity index (χ1n) is 8.77. The third-order valence-corrected chi connectivity index (χ3v) is 5.29. The maximum absolute atomic E-state index is 12.3. The Morgan fingerprint density at radius 3 is 2.66 bits per heavy atom. The molecule has 0 fully saturated rings. The average molecular weight is 424 g/mol. The molecule has 0 N–H and O–H groups in total. The van der Waals surface area contributed by atoms with Crippen LogP contribution in [0.1, 0.15) is 11.1 Å². The number of cyclic esters (lactones) is 1. The van der Waals surface area contributed by atoms with Gasteiger partial charge in [-0.1, -0.05) is 65.7 Å². The van der Waals surface area contributed by atoms with Gasteiger partial charge in [-0.15, -0.1) is 0 Å². The van der Waals surface area contributed by atoms with Crippen LogP contribution < -0.4 is 4.74 Å². The Hall–Kier alpha value is -3.08. The van der Waals surface area contributed by atoms with Gasteiger partial charge >= 0.3 is 5.97 Å². The van der Waals surface area contributed by atoms with Crippen LogP contribution >= 0.6 is 23.2 Å². The van der Waals surface area contributed by atoms with Crippen LogP contribution in [0.15, 0.2) is 71.4 Å². The van der Waals surface area contributed by atoms with Crippen LogP contribution in [0.4, 0.5) is 0 Å². The number of halogens is 2. The second kappa shape index (κ2) is 8.11. The molecular formula is C23H15Cl2NO3. The third kappa shape index (κ3) is 3.90. The van der Waals surface area contributed by atoms with E-state index in [1.807, 2.05) is 36.4 Å². The van der Waals surface area contributed by atoms with E-state index in [2.05, 4.69) is 4.99 Å². The number of ether oxygens (including phenoxy) is 2. The smallest absolute Gasteiger partial charge is 0.363 e. The van der Waals surface area contributed by atoms with Crippen molar-refractivity contribution < 1.29 is 14.3 Å². The molecule has 0 bridgehead atoms. The van der Waals surface area contributed by atoms with Gasteiger partial charge in [-0.2, -0.15) is 0 Å². The Morgan fingerprint density at radius 1 is 1.00 bits per heavy atom. The van der Waals surface area contributed by atoms with E-state index in [1.165, 1.54) is 0 Å². The van der Waals surface area contributed by atoms with Gasteiger partial charge in [-0.25, -0.2) is 9.79 Å². The van der Waals surface area contributed by atoms with Crippen LogP contribution in [-0.2, 0) is 9.53 Å². The van der Waals surface area contributed by atoms with Gasteiger partial charge < -0.3 is 9.47 Å². The Bertz CT molecular complexity index is 1210. The molecule has 3 aromatic carbocycles. The van der Waals surface area contributed by atoms with Crippen LogP contribution in [-0.4, -0.2) is 19.0 Å². The van der Waals surface area contributed by atoms with Crippen molar-refractivity contribution in [2.45, 2.75) is 0 Å². The average Bonchev–Trinajstić information content (AvgIpc) is 3.08. The summed E-state index contributed by atoms with van der Waals surface area (Å²) in [4.78, 5) is 16.6. The molecule has 0 aliphatic carbocycles. The van der Waals surface area contributed by atoms with Crippen LogP contribution in [0, 0.1) is 0 Å². The van der Waals surface area contributed by atoms with Crippen molar-refractivity contribution in [2.24, 2.45) is 4.99 Å². The van der Waals surface area contributed by atoms with Gasteiger partial charge in [-0.3, -0.25) is 0 Å². The largest absolute Gasteiger partial charge is 0.496 e. The molecule has 6 heteroatoms. The summed E-state index contributed by atoms with van der Waals surface area (Å²) in [5.41, 5.74) is 1.66. The van der Waals surface area contributed by atoms with Crippen LogP contribution in [0.5, 0.6) is 5.75 Å². The minimum absolute atomic E-state index is 0.177. The fourth-order valence-electron chi connectivity index (χ4n) is 3.05. The first-order valence-corrected chi connectivity index (χ1v) is 9.53. The Morgan fingerprint density at radius 2 is 1.83 bits per heavy atom. The molecule has 0 atom stereocenters. The van der Waals surface area contributed by atoms with Crippen LogP contribution in [0.25, 0.3) is 22.9 Å². The number of rotatable bonds is 4. The topological polar surface area (TPSA) is 47.9 Å². The van der Waals surface area contributed by atoms with E-state index in [9.17, 15) is 4.79 Å². The highest BCUT2D eigenvalue weighted by molar-refractivity contribution is 6.42. The molecule has 0 spiro atoms. The van der Waals surface area contributed by atoms with E-state index < -0.39 is 5.97 Å². The van der Waals surface area contributed by atoms with Crippen molar-refractivity contribution in [3.8, 4) is 5.75 Å². The molecule has 144 valence electrons. The number of fused-ring (bicyclic) bond motifs is 1. The third-order valence-electron chi connectivity index (χ3n) is 4.46. The predicted octanol–water partition coefficient (Wildman–Crippen LogP) is 6.16. The molecule has 0 saturated carbocycles. The van der Waals surface area contributed by atoms with E-state index in [0.717, 1.165) is 16.3 Å². The van der Waals surface area contributed by atoms with Gasteiger partial charge in [0.05, 0.1) is 17.2 Å². The highest BCUT2D eigenvalue weighted by Crippen LogP contribution is 2.31. The standard InChI is InChI=1S/C23H15Cl2NO3/c1-28-20-11-9-14-5-2-3-7-16(14)17(20)13-19-23(27)29-21(26-19)12-10-15-6-4-8-18(24)22(15)25/h2-13H,1H3. The zero-order valence-corrected chi connectivity index (χ0v) is 16.9. The molecule has 0 amide bonds. The van der Waals surface area contributed by atoms with Gasteiger partial charge in [-0.05, 0) is 40.6 Å². The second-order valence-electron chi connectivity index (χ2n) is 6.25. The van der Waals surface area contributed by atoms with Crippen molar-refractivity contribution in [1.82, 2.24) is 0 Å². The molecular weight excluding hydrogens is 409 g/mol. The number of aliphatic imine (C=N–C) groups is 1. The highest BCUT2D eigenvalue weighted by Gasteiger charge is 2.22. The monoisotopic (exact) mass is 423 g/mol. The first-order chi connectivity index (χ1) is 14.1. The van der Waals surface area contributed by atoms with Gasteiger partial charge in [0.15, 0.2) is 5.70 Å². The molecule has 4 nitrogen and oxygen atoms in total. The Labute approximate surface area is 177 Å². The van der Waals surface area contributed by atoms with E-state index in [-0.39, 0.29) is 11.6 Å². The summed E-state index contributed by atoms with van der Waals surface area (Å²) >= 11 is 12.2. The maximum atomic E-state index is 12.3. The fourth-order valence-corrected chi connectivity index (χ4v) is 3.42. The van der Waals surface area contributed by atoms with Crippen LogP contribution in [0.3, 0.4) is 0 Å². The minimum Gasteiger partial charge on any atom is -0.496 e. The summed E-state index contributed by atoms with van der Waals surface area (Å²) < 4.78 is 10.7. The molecule has 0 radical (unpaired) electrons. The lowest BCUT2D eigenvalue weighted by Gasteiger charge is -2.08. The van der Waals surface area contributed by atoms with E-state index in [4.69, 9.17) is 32.7 Å². The molecule has 0 saturated heterocycles. The first kappa shape index (κ1) is 19.2. The molecule has 1 aliphatic heterocycles. The fraction of sp³-hybridized carbons (Fsp3) is 0.0435. The van der Waals surface area contributed by atoms with Gasteiger partial charge in [0.2, 0.25) is 5.90 Å². The predicted molar refractivity (Wildman–Crippen MR) is 117 cm³/mol. The van der Waals surface area contributed by atoms with E-state index >= 15 is 0 Å². The minimum atomic E-state index is -0.531. The molecule has 1 aliphatic rings. The molecule has 1 heterocycles. The zero-order chi connectivity index (χ0) is 20.4. The van der Waals surface area contributed by atoms with Crippen molar-refractivity contribution in [1.29, 1.82) is 0 Å². The summed E-state index contributed by atoms with van der Waals surface area (Å²) in [5, 5.41) is 2.86. The van der Waals surface area contributed by atoms with Gasteiger partial charge in [0, 0.05) is 11.6 Å². The van der Waals surface area contributed by atoms with Crippen LogP contribution in [0.2, 0.25) is 10.0 Å². The summed E-state index contributed by atoms with van der Waals surface area (Å²) in [6.07, 6.45) is 4.95. The number of benzene rings is 3. The number of esters is 1. The zero-order valence-electron chi connectivity index (χ0n) is 15.4. The lowest BCUT2D eigenvalue weighted by Crippen LogP contribution is -2.01. The molecule has 29 heavy (non-hydrogen) atoms. The summed E-state index contributed by atoms with van der Waals surface area (Å²) in [5.74, 6) is 0.294. The number of hydrogen-bond donors (Lipinski definition) is 0. The van der Waals surface area contributed by atoms with Gasteiger partial charge in [0.25, 0.3) is 0 Å². The number of carbonyl (C=O) groups is 1. The lowest BCUT2D eigenvalue weighted by molar-refractivity contribution is -0.129. The number of hydrogen-bond acceptors (Lipinski definition) is 4.